The number of benzene rings is 1. The minimum Gasteiger partial charge on any atom is -0.366 e. The number of rotatable bonds is 3. The summed E-state index contributed by atoms with van der Waals surface area (Å²) >= 11 is 11.7. The van der Waals surface area contributed by atoms with E-state index in [1.54, 1.807) is 6.07 Å². The van der Waals surface area contributed by atoms with E-state index in [0.717, 1.165) is 0 Å². The summed E-state index contributed by atoms with van der Waals surface area (Å²) in [7, 11) is 0. The van der Waals surface area contributed by atoms with E-state index in [1.807, 2.05) is 6.07 Å². The topological polar surface area (TPSA) is 66.9 Å². The summed E-state index contributed by atoms with van der Waals surface area (Å²) in [5, 5.41) is 8.81. The van der Waals surface area contributed by atoms with Gasteiger partial charge < -0.3 is 5.73 Å². The Kier molecular flexibility index (Phi) is 3.96. The lowest BCUT2D eigenvalue weighted by Gasteiger charge is -2.07. The van der Waals surface area contributed by atoms with Crippen molar-refractivity contribution in [3.8, 4) is 6.07 Å². The summed E-state index contributed by atoms with van der Waals surface area (Å²) in [6.07, 6.45) is 1.73. The van der Waals surface area contributed by atoms with Gasteiger partial charge in [-0.1, -0.05) is 29.3 Å². The van der Waals surface area contributed by atoms with Gasteiger partial charge in [0.2, 0.25) is 0 Å². The highest BCUT2D eigenvalue weighted by Crippen LogP contribution is 2.28. The molecule has 0 aliphatic rings. The van der Waals surface area contributed by atoms with Gasteiger partial charge in [-0.3, -0.25) is 4.79 Å². The van der Waals surface area contributed by atoms with Crippen LogP contribution in [0.4, 0.5) is 0 Å². The first-order valence-electron chi connectivity index (χ1n) is 4.06. The number of carbonyl (C=O) groups is 1. The van der Waals surface area contributed by atoms with Gasteiger partial charge in [-0.15, -0.1) is 0 Å². The van der Waals surface area contributed by atoms with Crippen LogP contribution < -0.4 is 5.73 Å². The maximum absolute atomic E-state index is 11.0. The fraction of sp³-hybridized carbons (Fsp3) is 0.100. The predicted molar refractivity (Wildman–Crippen MR) is 58.6 cm³/mol. The average molecular weight is 242 g/mol. The van der Waals surface area contributed by atoms with E-state index in [9.17, 15) is 4.79 Å². The summed E-state index contributed by atoms with van der Waals surface area (Å²) in [5.74, 6) is -0.677. The molecule has 0 fully saturated rings. The molecule has 1 aromatic carbocycles. The Morgan fingerprint density at radius 1 is 1.53 bits per heavy atom. The fourth-order valence-corrected chi connectivity index (χ4v) is 1.77. The molecule has 0 unspecified atom stereocenters. The normalized spacial score (nSPS) is 9.67. The first-order valence-corrected chi connectivity index (χ1v) is 4.81. The van der Waals surface area contributed by atoms with E-state index in [1.165, 1.54) is 12.5 Å². The maximum atomic E-state index is 11.0. The molecular formula is C10H7Cl2N2O. The second-order valence-electron chi connectivity index (χ2n) is 2.80. The van der Waals surface area contributed by atoms with Crippen molar-refractivity contribution in [2.75, 3.05) is 0 Å². The van der Waals surface area contributed by atoms with Crippen LogP contribution in [0.2, 0.25) is 10.0 Å². The van der Waals surface area contributed by atoms with E-state index in [-0.39, 0.29) is 15.6 Å². The van der Waals surface area contributed by atoms with Gasteiger partial charge in [-0.2, -0.15) is 5.26 Å². The molecule has 0 spiro atoms. The van der Waals surface area contributed by atoms with Crippen LogP contribution in [0.5, 0.6) is 0 Å². The standard InChI is InChI=1S/C10H7Cl2N2O/c11-7-4-3-6(2-1-5-13)9(12)8(7)10(14)15/h1,3-4H,2H2,(H2,14,15). The molecule has 1 rings (SSSR count). The molecule has 2 N–H and O–H groups in total. The molecule has 0 aromatic heterocycles. The number of nitrogens with two attached hydrogens (primary N) is 1. The van der Waals surface area contributed by atoms with Crippen LogP contribution in [-0.4, -0.2) is 5.91 Å². The van der Waals surface area contributed by atoms with Gasteiger partial charge in [0.15, 0.2) is 0 Å². The first kappa shape index (κ1) is 11.8. The molecule has 1 radical (unpaired) electrons. The lowest BCUT2D eigenvalue weighted by atomic mass is 10.1. The molecule has 15 heavy (non-hydrogen) atoms. The quantitative estimate of drug-likeness (QED) is 0.883. The van der Waals surface area contributed by atoms with E-state index < -0.39 is 5.91 Å². The van der Waals surface area contributed by atoms with Gasteiger partial charge in [0.25, 0.3) is 5.91 Å². The second-order valence-corrected chi connectivity index (χ2v) is 3.58. The number of carbonyl (C=O) groups excluding carboxylic acids is 1. The van der Waals surface area contributed by atoms with E-state index in [2.05, 4.69) is 0 Å². The largest absolute Gasteiger partial charge is 0.366 e. The lowest BCUT2D eigenvalue weighted by Crippen LogP contribution is -2.13. The Morgan fingerprint density at radius 2 is 2.20 bits per heavy atom. The summed E-state index contributed by atoms with van der Waals surface area (Å²) in [6, 6.07) is 5.07. The number of hydrogen-bond acceptors (Lipinski definition) is 2. The molecule has 0 bridgehead atoms. The van der Waals surface area contributed by atoms with Crippen molar-refractivity contribution < 1.29 is 4.79 Å². The SMILES string of the molecule is N#C[CH]Cc1ccc(Cl)c(C(N)=O)c1Cl. The monoisotopic (exact) mass is 241 g/mol. The summed E-state index contributed by atoms with van der Waals surface area (Å²) < 4.78 is 0. The molecule has 0 aliphatic carbocycles. The summed E-state index contributed by atoms with van der Waals surface area (Å²) in [4.78, 5) is 11.0. The number of halogens is 2. The third-order valence-electron chi connectivity index (χ3n) is 1.83. The van der Waals surface area contributed by atoms with Crippen LogP contribution in [0.15, 0.2) is 12.1 Å². The molecule has 1 aromatic rings. The van der Waals surface area contributed by atoms with Crippen molar-refractivity contribution in [1.29, 1.82) is 5.26 Å². The number of nitrogens with zero attached hydrogens (tertiary/aromatic N) is 1. The molecule has 0 heterocycles. The van der Waals surface area contributed by atoms with Crippen molar-refractivity contribution in [1.82, 2.24) is 0 Å². The highest BCUT2D eigenvalue weighted by atomic mass is 35.5. The fourth-order valence-electron chi connectivity index (χ4n) is 1.13. The maximum Gasteiger partial charge on any atom is 0.251 e. The zero-order valence-electron chi connectivity index (χ0n) is 7.63. The van der Waals surface area contributed by atoms with Crippen LogP contribution in [0.3, 0.4) is 0 Å². The number of amides is 1. The van der Waals surface area contributed by atoms with Crippen LogP contribution in [0.1, 0.15) is 15.9 Å². The second kappa shape index (κ2) is 5.01. The molecule has 0 aliphatic heterocycles. The smallest absolute Gasteiger partial charge is 0.251 e. The lowest BCUT2D eigenvalue weighted by molar-refractivity contribution is 0.100. The highest BCUT2D eigenvalue weighted by molar-refractivity contribution is 6.40. The molecule has 0 atom stereocenters. The molecule has 3 nitrogen and oxygen atoms in total. The summed E-state index contributed by atoms with van der Waals surface area (Å²) in [6.45, 7) is 0. The molecule has 0 saturated heterocycles. The zero-order chi connectivity index (χ0) is 11.4. The van der Waals surface area contributed by atoms with Gasteiger partial charge in [0, 0.05) is 0 Å². The highest BCUT2D eigenvalue weighted by Gasteiger charge is 2.14. The van der Waals surface area contributed by atoms with Crippen molar-refractivity contribution in [2.45, 2.75) is 6.42 Å². The number of nitriles is 1. The van der Waals surface area contributed by atoms with Crippen LogP contribution in [0, 0.1) is 17.8 Å². The van der Waals surface area contributed by atoms with Gasteiger partial charge >= 0.3 is 0 Å². The van der Waals surface area contributed by atoms with Crippen molar-refractivity contribution in [2.24, 2.45) is 5.73 Å². The van der Waals surface area contributed by atoms with Crippen molar-refractivity contribution in [3.63, 3.8) is 0 Å². The van der Waals surface area contributed by atoms with Crippen LogP contribution in [-0.2, 0) is 6.42 Å². The van der Waals surface area contributed by atoms with Gasteiger partial charge in [0.05, 0.1) is 28.1 Å². The number of primary amides is 1. The van der Waals surface area contributed by atoms with Crippen LogP contribution in [0.25, 0.3) is 0 Å². The Labute approximate surface area is 97.4 Å². The minimum atomic E-state index is -0.677. The Hall–Kier alpha value is -1.24. The van der Waals surface area contributed by atoms with Gasteiger partial charge in [0.1, 0.15) is 0 Å². The predicted octanol–water partition coefficient (Wildman–Crippen LogP) is 2.36. The van der Waals surface area contributed by atoms with Gasteiger partial charge in [-0.05, 0) is 18.1 Å². The molecular weight excluding hydrogens is 235 g/mol. The average Bonchev–Trinajstić information content (AvgIpc) is 2.16. The zero-order valence-corrected chi connectivity index (χ0v) is 9.14. The molecule has 1 amide bonds. The van der Waals surface area contributed by atoms with Crippen molar-refractivity contribution >= 4 is 29.1 Å². The Morgan fingerprint density at radius 3 is 2.73 bits per heavy atom. The molecule has 5 heteroatoms. The van der Waals surface area contributed by atoms with Crippen LogP contribution >= 0.6 is 23.2 Å². The Bertz CT molecular complexity index is 438. The van der Waals surface area contributed by atoms with E-state index in [4.69, 9.17) is 34.2 Å². The van der Waals surface area contributed by atoms with E-state index >= 15 is 0 Å². The molecule has 0 saturated carbocycles. The van der Waals surface area contributed by atoms with Crippen molar-refractivity contribution in [3.05, 3.63) is 39.7 Å². The number of hydrogen-bond donors (Lipinski definition) is 1. The third kappa shape index (κ3) is 2.62. The minimum absolute atomic E-state index is 0.0992. The van der Waals surface area contributed by atoms with Gasteiger partial charge in [-0.25, -0.2) is 0 Å². The Balaban J connectivity index is 3.17. The third-order valence-corrected chi connectivity index (χ3v) is 2.58. The molecule has 77 valence electrons. The summed E-state index contributed by atoms with van der Waals surface area (Å²) in [5.41, 5.74) is 5.88. The first-order chi connectivity index (χ1) is 7.07. The van der Waals surface area contributed by atoms with E-state index in [0.29, 0.717) is 12.0 Å².